The number of rotatable bonds is 3. The van der Waals surface area contributed by atoms with Crippen LogP contribution in [0, 0.1) is 5.92 Å². The zero-order chi connectivity index (χ0) is 13.1. The van der Waals surface area contributed by atoms with Gasteiger partial charge in [0.2, 0.25) is 5.91 Å². The Morgan fingerprint density at radius 2 is 2.21 bits per heavy atom. The first-order valence-corrected chi connectivity index (χ1v) is 8.14. The molecule has 0 saturated carbocycles. The van der Waals surface area contributed by atoms with Crippen molar-refractivity contribution in [3.63, 3.8) is 0 Å². The summed E-state index contributed by atoms with van der Waals surface area (Å²) >= 11 is 1.99. The van der Waals surface area contributed by atoms with Crippen molar-refractivity contribution in [3.05, 3.63) is 35.4 Å². The van der Waals surface area contributed by atoms with Crippen molar-refractivity contribution in [3.8, 4) is 0 Å². The van der Waals surface area contributed by atoms with Crippen LogP contribution in [0.4, 0.5) is 0 Å². The lowest BCUT2D eigenvalue weighted by Gasteiger charge is -2.25. The predicted molar refractivity (Wildman–Crippen MR) is 79.2 cm³/mol. The van der Waals surface area contributed by atoms with Gasteiger partial charge in [-0.3, -0.25) is 4.79 Å². The standard InChI is InChI=1S/C15H20N2OS/c18-15(17-8-11-5-6-19-10-11)14-7-12-3-1-2-4-13(12)9-16-14/h1-4,11,14,16H,5-10H2,(H,17,18)/t11?,14-/m0/s1. The number of carbonyl (C=O) groups is 1. The minimum Gasteiger partial charge on any atom is -0.354 e. The molecule has 1 unspecified atom stereocenters. The molecular formula is C15H20N2OS. The van der Waals surface area contributed by atoms with Crippen LogP contribution in [0.5, 0.6) is 0 Å². The highest BCUT2D eigenvalue weighted by molar-refractivity contribution is 7.99. The van der Waals surface area contributed by atoms with Crippen LogP contribution in [-0.2, 0) is 17.8 Å². The summed E-state index contributed by atoms with van der Waals surface area (Å²) in [5, 5.41) is 6.44. The van der Waals surface area contributed by atoms with Crippen molar-refractivity contribution in [2.45, 2.75) is 25.4 Å². The minimum absolute atomic E-state index is 0.0658. The van der Waals surface area contributed by atoms with E-state index in [-0.39, 0.29) is 11.9 Å². The predicted octanol–water partition coefficient (Wildman–Crippen LogP) is 1.57. The molecule has 1 aromatic rings. The summed E-state index contributed by atoms with van der Waals surface area (Å²) in [7, 11) is 0. The SMILES string of the molecule is O=C(NCC1CCSC1)[C@@H]1Cc2ccccc2CN1. The second-order valence-electron chi connectivity index (χ2n) is 5.38. The van der Waals surface area contributed by atoms with Crippen LogP contribution < -0.4 is 10.6 Å². The first kappa shape index (κ1) is 13.0. The molecule has 0 radical (unpaired) electrons. The maximum Gasteiger partial charge on any atom is 0.237 e. The fraction of sp³-hybridized carbons (Fsp3) is 0.533. The van der Waals surface area contributed by atoms with Crippen LogP contribution in [0.1, 0.15) is 17.5 Å². The monoisotopic (exact) mass is 276 g/mol. The van der Waals surface area contributed by atoms with E-state index in [1.54, 1.807) is 0 Å². The van der Waals surface area contributed by atoms with Gasteiger partial charge < -0.3 is 10.6 Å². The van der Waals surface area contributed by atoms with E-state index in [4.69, 9.17) is 0 Å². The molecule has 102 valence electrons. The van der Waals surface area contributed by atoms with Gasteiger partial charge in [-0.25, -0.2) is 0 Å². The highest BCUT2D eigenvalue weighted by atomic mass is 32.2. The lowest BCUT2D eigenvalue weighted by Crippen LogP contribution is -2.48. The molecule has 0 spiro atoms. The second kappa shape index (κ2) is 5.97. The lowest BCUT2D eigenvalue weighted by molar-refractivity contribution is -0.123. The van der Waals surface area contributed by atoms with E-state index in [0.717, 1.165) is 19.5 Å². The van der Waals surface area contributed by atoms with E-state index in [0.29, 0.717) is 5.92 Å². The van der Waals surface area contributed by atoms with Gasteiger partial charge in [-0.1, -0.05) is 24.3 Å². The average molecular weight is 276 g/mol. The molecule has 19 heavy (non-hydrogen) atoms. The summed E-state index contributed by atoms with van der Waals surface area (Å²) in [6, 6.07) is 8.30. The molecule has 2 heterocycles. The van der Waals surface area contributed by atoms with E-state index in [2.05, 4.69) is 34.9 Å². The van der Waals surface area contributed by atoms with Crippen LogP contribution in [0.3, 0.4) is 0 Å². The molecule has 0 aliphatic carbocycles. The van der Waals surface area contributed by atoms with Crippen LogP contribution in [-0.4, -0.2) is 30.0 Å². The molecule has 0 aromatic heterocycles. The lowest BCUT2D eigenvalue weighted by atomic mass is 9.95. The Hall–Kier alpha value is -1.00. The quantitative estimate of drug-likeness (QED) is 0.880. The Balaban J connectivity index is 1.54. The van der Waals surface area contributed by atoms with Crippen LogP contribution in [0.25, 0.3) is 0 Å². The topological polar surface area (TPSA) is 41.1 Å². The number of hydrogen-bond acceptors (Lipinski definition) is 3. The highest BCUT2D eigenvalue weighted by Gasteiger charge is 2.24. The first-order valence-electron chi connectivity index (χ1n) is 6.98. The van der Waals surface area contributed by atoms with Gasteiger partial charge in [0.1, 0.15) is 0 Å². The fourth-order valence-corrected chi connectivity index (χ4v) is 4.04. The number of amides is 1. The van der Waals surface area contributed by atoms with Gasteiger partial charge in [0.05, 0.1) is 6.04 Å². The van der Waals surface area contributed by atoms with Crippen molar-refractivity contribution >= 4 is 17.7 Å². The molecule has 1 saturated heterocycles. The van der Waals surface area contributed by atoms with Crippen molar-refractivity contribution in [2.75, 3.05) is 18.1 Å². The van der Waals surface area contributed by atoms with Gasteiger partial charge >= 0.3 is 0 Å². The first-order chi connectivity index (χ1) is 9.33. The Morgan fingerprint density at radius 1 is 1.37 bits per heavy atom. The zero-order valence-electron chi connectivity index (χ0n) is 11.0. The van der Waals surface area contributed by atoms with Crippen LogP contribution in [0.15, 0.2) is 24.3 Å². The van der Waals surface area contributed by atoms with Crippen LogP contribution in [0.2, 0.25) is 0 Å². The third-order valence-corrected chi connectivity index (χ3v) is 5.22. The molecule has 2 aliphatic heterocycles. The molecule has 2 aliphatic rings. The summed E-state index contributed by atoms with van der Waals surface area (Å²) < 4.78 is 0. The molecule has 1 fully saturated rings. The smallest absolute Gasteiger partial charge is 0.237 e. The number of benzene rings is 1. The molecule has 1 aromatic carbocycles. The van der Waals surface area contributed by atoms with Gasteiger partial charge in [0, 0.05) is 13.1 Å². The Morgan fingerprint density at radius 3 is 3.00 bits per heavy atom. The Bertz CT molecular complexity index is 457. The molecule has 0 bridgehead atoms. The van der Waals surface area contributed by atoms with Gasteiger partial charge in [0.15, 0.2) is 0 Å². The van der Waals surface area contributed by atoms with E-state index >= 15 is 0 Å². The molecule has 3 nitrogen and oxygen atoms in total. The van der Waals surface area contributed by atoms with Gasteiger partial charge in [-0.2, -0.15) is 11.8 Å². The van der Waals surface area contributed by atoms with Crippen molar-refractivity contribution in [1.29, 1.82) is 0 Å². The molecule has 1 amide bonds. The maximum absolute atomic E-state index is 12.2. The Kier molecular flexibility index (Phi) is 4.09. The second-order valence-corrected chi connectivity index (χ2v) is 6.53. The third-order valence-electron chi connectivity index (χ3n) is 3.99. The summed E-state index contributed by atoms with van der Waals surface area (Å²) in [6.45, 7) is 1.64. The van der Waals surface area contributed by atoms with Gasteiger partial charge in [-0.05, 0) is 41.4 Å². The van der Waals surface area contributed by atoms with Crippen molar-refractivity contribution in [1.82, 2.24) is 10.6 Å². The van der Waals surface area contributed by atoms with E-state index in [9.17, 15) is 4.79 Å². The average Bonchev–Trinajstić information content (AvgIpc) is 2.97. The number of hydrogen-bond donors (Lipinski definition) is 2. The van der Waals surface area contributed by atoms with E-state index in [1.165, 1.54) is 29.1 Å². The van der Waals surface area contributed by atoms with Crippen molar-refractivity contribution < 1.29 is 4.79 Å². The van der Waals surface area contributed by atoms with E-state index < -0.39 is 0 Å². The number of carbonyl (C=O) groups excluding carboxylic acids is 1. The van der Waals surface area contributed by atoms with Crippen LogP contribution >= 0.6 is 11.8 Å². The Labute approximate surface area is 118 Å². The molecule has 2 N–H and O–H groups in total. The zero-order valence-corrected chi connectivity index (χ0v) is 11.8. The maximum atomic E-state index is 12.2. The number of thioether (sulfide) groups is 1. The number of nitrogens with one attached hydrogen (secondary N) is 2. The normalized spacial score (nSPS) is 25.9. The van der Waals surface area contributed by atoms with Gasteiger partial charge in [0.25, 0.3) is 0 Å². The van der Waals surface area contributed by atoms with Crippen molar-refractivity contribution in [2.24, 2.45) is 5.92 Å². The highest BCUT2D eigenvalue weighted by Crippen LogP contribution is 2.22. The molecule has 4 heteroatoms. The molecular weight excluding hydrogens is 256 g/mol. The van der Waals surface area contributed by atoms with Gasteiger partial charge in [-0.15, -0.1) is 0 Å². The molecule has 3 rings (SSSR count). The molecule has 2 atom stereocenters. The summed E-state index contributed by atoms with van der Waals surface area (Å²) in [5.41, 5.74) is 2.62. The summed E-state index contributed by atoms with van der Waals surface area (Å²) in [5.74, 6) is 3.27. The summed E-state index contributed by atoms with van der Waals surface area (Å²) in [4.78, 5) is 12.2. The fourth-order valence-electron chi connectivity index (χ4n) is 2.75. The third kappa shape index (κ3) is 3.12. The number of fused-ring (bicyclic) bond motifs is 1. The summed E-state index contributed by atoms with van der Waals surface area (Å²) in [6.07, 6.45) is 2.05. The minimum atomic E-state index is -0.0658. The van der Waals surface area contributed by atoms with E-state index in [1.807, 2.05) is 11.8 Å². The largest absolute Gasteiger partial charge is 0.354 e.